The molecule has 2 rings (SSSR count). The fraction of sp³-hybridized carbons (Fsp3) is 0.133. The molecule has 86 valence electrons. The summed E-state index contributed by atoms with van der Waals surface area (Å²) in [5, 5.41) is 0.970. The van der Waals surface area contributed by atoms with E-state index in [1.165, 1.54) is 5.56 Å². The van der Waals surface area contributed by atoms with E-state index in [4.69, 9.17) is 0 Å². The summed E-state index contributed by atoms with van der Waals surface area (Å²) < 4.78 is 0. The van der Waals surface area contributed by atoms with E-state index in [2.05, 4.69) is 40.2 Å². The maximum absolute atomic E-state index is 11.0. The van der Waals surface area contributed by atoms with Gasteiger partial charge in [0, 0.05) is 10.9 Å². The Bertz CT molecular complexity index is 503. The second-order valence-corrected chi connectivity index (χ2v) is 4.63. The van der Waals surface area contributed by atoms with Crippen molar-refractivity contribution in [2.45, 2.75) is 6.42 Å². The van der Waals surface area contributed by atoms with Crippen LogP contribution < -0.4 is 0 Å². The molecule has 0 aliphatic carbocycles. The van der Waals surface area contributed by atoms with Crippen molar-refractivity contribution in [2.75, 3.05) is 5.33 Å². The summed E-state index contributed by atoms with van der Waals surface area (Å²) in [7, 11) is 0. The second-order valence-electron chi connectivity index (χ2n) is 3.84. The lowest BCUT2D eigenvalue weighted by atomic mass is 9.99. The first-order chi connectivity index (χ1) is 8.35. The second kappa shape index (κ2) is 5.78. The Morgan fingerprint density at radius 2 is 1.71 bits per heavy atom. The molecule has 0 amide bonds. The lowest BCUT2D eigenvalue weighted by molar-refractivity contribution is 0.112. The van der Waals surface area contributed by atoms with Crippen LogP contribution in [-0.4, -0.2) is 11.6 Å². The summed E-state index contributed by atoms with van der Waals surface area (Å²) in [6, 6.07) is 16.0. The molecule has 0 aliphatic rings. The summed E-state index contributed by atoms with van der Waals surface area (Å²) in [5.41, 5.74) is 4.12. The molecule has 0 radical (unpaired) electrons. The third kappa shape index (κ3) is 2.83. The van der Waals surface area contributed by atoms with Crippen LogP contribution in [0.25, 0.3) is 11.1 Å². The third-order valence-electron chi connectivity index (χ3n) is 2.74. The van der Waals surface area contributed by atoms with Gasteiger partial charge in [0.25, 0.3) is 0 Å². The number of halogens is 1. The molecule has 0 heterocycles. The van der Waals surface area contributed by atoms with Gasteiger partial charge >= 0.3 is 0 Å². The van der Waals surface area contributed by atoms with Crippen LogP contribution in [0, 0.1) is 0 Å². The zero-order valence-corrected chi connectivity index (χ0v) is 11.0. The molecule has 0 bridgehead atoms. The van der Waals surface area contributed by atoms with Gasteiger partial charge in [-0.1, -0.05) is 64.5 Å². The topological polar surface area (TPSA) is 17.1 Å². The van der Waals surface area contributed by atoms with Crippen LogP contribution in [0.2, 0.25) is 0 Å². The summed E-state index contributed by atoms with van der Waals surface area (Å²) in [6.45, 7) is 0. The van der Waals surface area contributed by atoms with E-state index >= 15 is 0 Å². The van der Waals surface area contributed by atoms with Crippen LogP contribution in [0.15, 0.2) is 48.5 Å². The van der Waals surface area contributed by atoms with Crippen LogP contribution in [0.5, 0.6) is 0 Å². The lowest BCUT2D eigenvalue weighted by Crippen LogP contribution is -1.89. The van der Waals surface area contributed by atoms with Crippen LogP contribution in [0.4, 0.5) is 0 Å². The minimum absolute atomic E-state index is 0.737. The van der Waals surface area contributed by atoms with Gasteiger partial charge in [-0.15, -0.1) is 0 Å². The van der Waals surface area contributed by atoms with Crippen LogP contribution >= 0.6 is 15.9 Å². The number of hydrogen-bond acceptors (Lipinski definition) is 1. The predicted molar refractivity (Wildman–Crippen MR) is 74.8 cm³/mol. The van der Waals surface area contributed by atoms with Crippen molar-refractivity contribution in [1.29, 1.82) is 0 Å². The van der Waals surface area contributed by atoms with Gasteiger partial charge in [-0.2, -0.15) is 0 Å². The van der Waals surface area contributed by atoms with Crippen LogP contribution in [0.1, 0.15) is 15.9 Å². The van der Waals surface area contributed by atoms with E-state index in [0.29, 0.717) is 0 Å². The standard InChI is InChI=1S/C15H13BrO/c16-10-9-12-5-7-13(8-6-12)15-4-2-1-3-14(15)11-17/h1-8,11H,9-10H2. The molecule has 17 heavy (non-hydrogen) atoms. The van der Waals surface area contributed by atoms with Crippen LogP contribution in [0.3, 0.4) is 0 Å². The molecule has 0 atom stereocenters. The molecule has 2 aromatic carbocycles. The number of hydrogen-bond donors (Lipinski definition) is 0. The monoisotopic (exact) mass is 288 g/mol. The van der Waals surface area contributed by atoms with E-state index in [9.17, 15) is 4.79 Å². The van der Waals surface area contributed by atoms with E-state index in [-0.39, 0.29) is 0 Å². The Balaban J connectivity index is 2.36. The highest BCUT2D eigenvalue weighted by Gasteiger charge is 2.03. The predicted octanol–water partition coefficient (Wildman–Crippen LogP) is 4.10. The number of rotatable bonds is 4. The van der Waals surface area contributed by atoms with Gasteiger partial charge in [0.2, 0.25) is 0 Å². The SMILES string of the molecule is O=Cc1ccccc1-c1ccc(CCBr)cc1. The van der Waals surface area contributed by atoms with Gasteiger partial charge in [0.05, 0.1) is 0 Å². The Labute approximate surface area is 110 Å². The Morgan fingerprint density at radius 1 is 1.00 bits per heavy atom. The average molecular weight is 289 g/mol. The number of benzene rings is 2. The smallest absolute Gasteiger partial charge is 0.150 e. The first-order valence-corrected chi connectivity index (χ1v) is 6.67. The largest absolute Gasteiger partial charge is 0.298 e. The van der Waals surface area contributed by atoms with Crippen molar-refractivity contribution >= 4 is 22.2 Å². The molecule has 0 unspecified atom stereocenters. The lowest BCUT2D eigenvalue weighted by Gasteiger charge is -2.05. The van der Waals surface area contributed by atoms with Gasteiger partial charge < -0.3 is 0 Å². The molecule has 2 heteroatoms. The Kier molecular flexibility index (Phi) is 4.10. The molecule has 0 N–H and O–H groups in total. The first-order valence-electron chi connectivity index (χ1n) is 5.54. The zero-order valence-electron chi connectivity index (χ0n) is 9.40. The highest BCUT2D eigenvalue weighted by Crippen LogP contribution is 2.23. The van der Waals surface area contributed by atoms with Gasteiger partial charge in [0.15, 0.2) is 6.29 Å². The summed E-state index contributed by atoms with van der Waals surface area (Å²) in [4.78, 5) is 11.0. The van der Waals surface area contributed by atoms with E-state index in [0.717, 1.165) is 34.7 Å². The number of alkyl halides is 1. The van der Waals surface area contributed by atoms with Gasteiger partial charge in [-0.25, -0.2) is 0 Å². The fourth-order valence-corrected chi connectivity index (χ4v) is 2.28. The normalized spacial score (nSPS) is 10.2. The van der Waals surface area contributed by atoms with Crippen molar-refractivity contribution in [3.8, 4) is 11.1 Å². The minimum Gasteiger partial charge on any atom is -0.298 e. The summed E-state index contributed by atoms with van der Waals surface area (Å²) >= 11 is 3.43. The van der Waals surface area contributed by atoms with Crippen LogP contribution in [-0.2, 0) is 6.42 Å². The highest BCUT2D eigenvalue weighted by molar-refractivity contribution is 9.09. The Morgan fingerprint density at radius 3 is 2.35 bits per heavy atom. The van der Waals surface area contributed by atoms with Crippen molar-refractivity contribution in [3.63, 3.8) is 0 Å². The maximum Gasteiger partial charge on any atom is 0.150 e. The Hall–Kier alpha value is -1.41. The molecule has 2 aromatic rings. The quantitative estimate of drug-likeness (QED) is 0.611. The first kappa shape index (κ1) is 12.1. The molecular formula is C15H13BrO. The molecule has 0 aromatic heterocycles. The molecule has 0 fully saturated rings. The van der Waals surface area contributed by atoms with Gasteiger partial charge in [-0.05, 0) is 23.1 Å². The van der Waals surface area contributed by atoms with E-state index in [1.54, 1.807) is 0 Å². The minimum atomic E-state index is 0.737. The molecule has 1 nitrogen and oxygen atoms in total. The fourth-order valence-electron chi connectivity index (χ4n) is 1.82. The molecule has 0 aliphatic heterocycles. The van der Waals surface area contributed by atoms with E-state index < -0.39 is 0 Å². The molecule has 0 saturated carbocycles. The number of aldehydes is 1. The average Bonchev–Trinajstić information content (AvgIpc) is 2.40. The van der Waals surface area contributed by atoms with Gasteiger partial charge in [0.1, 0.15) is 0 Å². The van der Waals surface area contributed by atoms with Crippen molar-refractivity contribution < 1.29 is 4.79 Å². The van der Waals surface area contributed by atoms with Crippen molar-refractivity contribution in [1.82, 2.24) is 0 Å². The number of carbonyl (C=O) groups excluding carboxylic acids is 1. The number of carbonyl (C=O) groups is 1. The maximum atomic E-state index is 11.0. The molecule has 0 saturated heterocycles. The number of aryl methyl sites for hydroxylation is 1. The van der Waals surface area contributed by atoms with Gasteiger partial charge in [-0.3, -0.25) is 4.79 Å². The van der Waals surface area contributed by atoms with Crippen molar-refractivity contribution in [3.05, 3.63) is 59.7 Å². The molecule has 0 spiro atoms. The highest BCUT2D eigenvalue weighted by atomic mass is 79.9. The third-order valence-corrected chi connectivity index (χ3v) is 3.13. The summed E-state index contributed by atoms with van der Waals surface area (Å²) in [5.74, 6) is 0. The summed E-state index contributed by atoms with van der Waals surface area (Å²) in [6.07, 6.45) is 1.93. The molecular weight excluding hydrogens is 276 g/mol. The van der Waals surface area contributed by atoms with Crippen molar-refractivity contribution in [2.24, 2.45) is 0 Å². The van der Waals surface area contributed by atoms with E-state index in [1.807, 2.05) is 24.3 Å². The zero-order chi connectivity index (χ0) is 12.1.